The van der Waals surface area contributed by atoms with E-state index < -0.39 is 11.9 Å². The Bertz CT molecular complexity index is 622. The van der Waals surface area contributed by atoms with E-state index in [0.29, 0.717) is 0 Å². The highest BCUT2D eigenvalue weighted by molar-refractivity contribution is 6.27. The fourth-order valence-corrected chi connectivity index (χ4v) is 3.02. The Kier molecular flexibility index (Phi) is 7.76. The highest BCUT2D eigenvalue weighted by atomic mass is 16.4. The van der Waals surface area contributed by atoms with Crippen molar-refractivity contribution in [1.82, 2.24) is 9.88 Å². The largest absolute Gasteiger partial charge is 0.473 e. The summed E-state index contributed by atoms with van der Waals surface area (Å²) in [5.74, 6) is -2.80. The summed E-state index contributed by atoms with van der Waals surface area (Å²) in [5, 5.41) is 14.8. The van der Waals surface area contributed by atoms with E-state index >= 15 is 0 Å². The van der Waals surface area contributed by atoms with E-state index in [9.17, 15) is 0 Å². The maximum absolute atomic E-state index is 9.10. The molecule has 2 heterocycles. The number of likely N-dealkylation sites (tertiary alicyclic amines) is 1. The van der Waals surface area contributed by atoms with E-state index in [1.807, 2.05) is 12.3 Å². The summed E-state index contributed by atoms with van der Waals surface area (Å²) in [7, 11) is 0. The number of hydrogen-bond acceptors (Lipinski definition) is 4. The molecule has 2 N–H and O–H groups in total. The van der Waals surface area contributed by atoms with E-state index in [1.165, 1.54) is 43.6 Å². The maximum atomic E-state index is 9.10. The van der Waals surface area contributed by atoms with Crippen LogP contribution in [0.5, 0.6) is 0 Å². The van der Waals surface area contributed by atoms with Gasteiger partial charge in [0.1, 0.15) is 0 Å². The summed E-state index contributed by atoms with van der Waals surface area (Å²) >= 11 is 0. The molecule has 0 amide bonds. The molecule has 1 aromatic carbocycles. The molecule has 6 heteroatoms. The molecule has 26 heavy (non-hydrogen) atoms. The third kappa shape index (κ3) is 7.03. The zero-order valence-electron chi connectivity index (χ0n) is 14.6. The van der Waals surface area contributed by atoms with Crippen LogP contribution in [0.3, 0.4) is 0 Å². The Labute approximate surface area is 153 Å². The van der Waals surface area contributed by atoms with Gasteiger partial charge in [-0.05, 0) is 56.0 Å². The van der Waals surface area contributed by atoms with Gasteiger partial charge in [0.05, 0.1) is 5.69 Å². The molecule has 6 nitrogen and oxygen atoms in total. The van der Waals surface area contributed by atoms with Crippen LogP contribution in [-0.2, 0) is 22.6 Å². The van der Waals surface area contributed by atoms with Crippen molar-refractivity contribution >= 4 is 11.9 Å². The lowest BCUT2D eigenvalue weighted by atomic mass is 9.90. The van der Waals surface area contributed by atoms with Crippen molar-refractivity contribution in [3.05, 3.63) is 66.0 Å². The van der Waals surface area contributed by atoms with Crippen molar-refractivity contribution in [2.75, 3.05) is 13.1 Å². The van der Waals surface area contributed by atoms with Crippen LogP contribution in [0.15, 0.2) is 54.7 Å². The molecule has 1 aromatic heterocycles. The summed E-state index contributed by atoms with van der Waals surface area (Å²) in [4.78, 5) is 25.1. The average Bonchev–Trinajstić information content (AvgIpc) is 2.65. The molecule has 1 aliphatic heterocycles. The second kappa shape index (κ2) is 10.3. The highest BCUT2D eigenvalue weighted by Gasteiger charge is 2.19. The number of hydrogen-bond donors (Lipinski definition) is 2. The number of carboxylic acid groups (broad SMARTS) is 2. The molecule has 0 radical (unpaired) electrons. The third-order valence-electron chi connectivity index (χ3n) is 4.37. The highest BCUT2D eigenvalue weighted by Crippen LogP contribution is 2.22. The van der Waals surface area contributed by atoms with Crippen LogP contribution in [0.2, 0.25) is 0 Å². The fraction of sp³-hybridized carbons (Fsp3) is 0.350. The van der Waals surface area contributed by atoms with Crippen molar-refractivity contribution in [1.29, 1.82) is 0 Å². The number of piperidine rings is 1. The molecule has 1 saturated heterocycles. The quantitative estimate of drug-likeness (QED) is 0.819. The van der Waals surface area contributed by atoms with Gasteiger partial charge >= 0.3 is 11.9 Å². The van der Waals surface area contributed by atoms with E-state index in [-0.39, 0.29) is 0 Å². The third-order valence-corrected chi connectivity index (χ3v) is 4.37. The first-order chi connectivity index (χ1) is 12.5. The van der Waals surface area contributed by atoms with Crippen LogP contribution in [-0.4, -0.2) is 45.1 Å². The predicted molar refractivity (Wildman–Crippen MR) is 97.7 cm³/mol. The van der Waals surface area contributed by atoms with Crippen molar-refractivity contribution in [3.63, 3.8) is 0 Å². The molecule has 0 spiro atoms. The van der Waals surface area contributed by atoms with Gasteiger partial charge in [0.15, 0.2) is 0 Å². The molecule has 0 unspecified atom stereocenters. The molecule has 3 rings (SSSR count). The normalized spacial score (nSPS) is 14.9. The summed E-state index contributed by atoms with van der Waals surface area (Å²) in [6.45, 7) is 3.40. The summed E-state index contributed by atoms with van der Waals surface area (Å²) < 4.78 is 0. The van der Waals surface area contributed by atoms with Gasteiger partial charge in [0.2, 0.25) is 0 Å². The lowest BCUT2D eigenvalue weighted by Crippen LogP contribution is -2.34. The first-order valence-corrected chi connectivity index (χ1v) is 8.67. The number of aliphatic carboxylic acids is 2. The molecule has 0 bridgehead atoms. The smallest absolute Gasteiger partial charge is 0.414 e. The average molecular weight is 356 g/mol. The molecule has 0 atom stereocenters. The number of carbonyl (C=O) groups is 2. The van der Waals surface area contributed by atoms with Gasteiger partial charge in [-0.2, -0.15) is 0 Å². The lowest BCUT2D eigenvalue weighted by molar-refractivity contribution is -0.159. The Morgan fingerprint density at radius 3 is 2.12 bits per heavy atom. The van der Waals surface area contributed by atoms with E-state index in [1.54, 1.807) is 0 Å². The molecule has 1 aliphatic rings. The molecular formula is C20H24N2O4. The van der Waals surface area contributed by atoms with Gasteiger partial charge in [0.25, 0.3) is 0 Å². The minimum absolute atomic E-state index is 0.845. The van der Waals surface area contributed by atoms with E-state index in [4.69, 9.17) is 19.8 Å². The minimum Gasteiger partial charge on any atom is -0.473 e. The number of rotatable bonds is 4. The van der Waals surface area contributed by atoms with Gasteiger partial charge in [-0.25, -0.2) is 9.59 Å². The van der Waals surface area contributed by atoms with Gasteiger partial charge < -0.3 is 10.2 Å². The Hall–Kier alpha value is -2.73. The van der Waals surface area contributed by atoms with Crippen molar-refractivity contribution in [3.8, 4) is 0 Å². The summed E-state index contributed by atoms with van der Waals surface area (Å²) in [6.07, 6.45) is 5.74. The van der Waals surface area contributed by atoms with Crippen LogP contribution in [0.25, 0.3) is 0 Å². The molecular weight excluding hydrogens is 332 g/mol. The van der Waals surface area contributed by atoms with Crippen LogP contribution in [0.1, 0.15) is 24.1 Å². The zero-order chi connectivity index (χ0) is 18.8. The Morgan fingerprint density at radius 1 is 0.962 bits per heavy atom. The van der Waals surface area contributed by atoms with Gasteiger partial charge in [-0.15, -0.1) is 0 Å². The minimum atomic E-state index is -1.82. The Balaban J connectivity index is 0.000000352. The van der Waals surface area contributed by atoms with Crippen LogP contribution in [0, 0.1) is 5.92 Å². The predicted octanol–water partition coefficient (Wildman–Crippen LogP) is 2.69. The molecule has 1 fully saturated rings. The summed E-state index contributed by atoms with van der Waals surface area (Å²) in [6, 6.07) is 17.1. The lowest BCUT2D eigenvalue weighted by Gasteiger charge is -2.31. The van der Waals surface area contributed by atoms with E-state index in [2.05, 4.69) is 52.3 Å². The molecule has 0 aliphatic carbocycles. The molecule has 138 valence electrons. The van der Waals surface area contributed by atoms with Gasteiger partial charge in [-0.1, -0.05) is 36.4 Å². The fourth-order valence-electron chi connectivity index (χ4n) is 3.02. The van der Waals surface area contributed by atoms with Crippen LogP contribution >= 0.6 is 0 Å². The number of pyridine rings is 1. The van der Waals surface area contributed by atoms with Gasteiger partial charge in [-0.3, -0.25) is 9.88 Å². The second-order valence-corrected chi connectivity index (χ2v) is 6.34. The van der Waals surface area contributed by atoms with Crippen LogP contribution in [0.4, 0.5) is 0 Å². The first-order valence-electron chi connectivity index (χ1n) is 8.67. The van der Waals surface area contributed by atoms with Gasteiger partial charge in [0, 0.05) is 12.7 Å². The molecule has 0 saturated carbocycles. The SMILES string of the molecule is O=C(O)C(=O)O.c1ccc(CC2CCN(Cc3ccccn3)CC2)cc1. The van der Waals surface area contributed by atoms with Crippen molar-refractivity contribution < 1.29 is 19.8 Å². The maximum Gasteiger partial charge on any atom is 0.414 e. The van der Waals surface area contributed by atoms with Crippen molar-refractivity contribution in [2.24, 2.45) is 5.92 Å². The zero-order valence-corrected chi connectivity index (χ0v) is 14.6. The first kappa shape index (κ1) is 19.6. The van der Waals surface area contributed by atoms with Crippen LogP contribution < -0.4 is 0 Å². The number of carboxylic acids is 2. The summed E-state index contributed by atoms with van der Waals surface area (Å²) in [5.41, 5.74) is 2.67. The number of nitrogens with zero attached hydrogens (tertiary/aromatic N) is 2. The van der Waals surface area contributed by atoms with Crippen molar-refractivity contribution in [2.45, 2.75) is 25.8 Å². The Morgan fingerprint density at radius 2 is 1.58 bits per heavy atom. The molecule has 2 aromatic rings. The van der Waals surface area contributed by atoms with E-state index in [0.717, 1.165) is 12.5 Å². The number of aromatic nitrogens is 1. The number of benzene rings is 1. The standard InChI is InChI=1S/C18H22N2.C2H2O4/c1-2-6-16(7-3-1)14-17-9-12-20(13-10-17)15-18-8-4-5-11-19-18;3-1(4)2(5)6/h1-8,11,17H,9-10,12-15H2;(H,3,4)(H,5,6). The monoisotopic (exact) mass is 356 g/mol. The second-order valence-electron chi connectivity index (χ2n) is 6.34. The topological polar surface area (TPSA) is 90.7 Å².